The van der Waals surface area contributed by atoms with Crippen molar-refractivity contribution in [3.63, 3.8) is 0 Å². The normalized spacial score (nSPS) is 11.0. The highest BCUT2D eigenvalue weighted by Crippen LogP contribution is 2.31. The smallest absolute Gasteiger partial charge is 0.214 e. The number of halogens is 1. The maximum Gasteiger partial charge on any atom is 0.214 e. The van der Waals surface area contributed by atoms with Crippen molar-refractivity contribution in [3.8, 4) is 22.8 Å². The molecule has 0 fully saturated rings. The number of nitrogens with one attached hydrogen (secondary N) is 1. The molecule has 0 aliphatic carbocycles. The van der Waals surface area contributed by atoms with Crippen molar-refractivity contribution < 1.29 is 9.15 Å². The molecule has 31 heavy (non-hydrogen) atoms. The third kappa shape index (κ3) is 5.46. The van der Waals surface area contributed by atoms with E-state index < -0.39 is 0 Å². The lowest BCUT2D eigenvalue weighted by Gasteiger charge is -2.05. The molecule has 4 aromatic rings. The second-order valence-electron chi connectivity index (χ2n) is 6.70. The van der Waals surface area contributed by atoms with E-state index in [1.807, 2.05) is 60.7 Å². The van der Waals surface area contributed by atoms with E-state index in [0.29, 0.717) is 17.3 Å². The molecule has 0 spiro atoms. The van der Waals surface area contributed by atoms with Crippen LogP contribution in [0.15, 0.2) is 70.2 Å². The number of para-hydroxylation sites is 1. The molecule has 0 atom stereocenters. The number of aromatic nitrogens is 4. The van der Waals surface area contributed by atoms with Crippen molar-refractivity contribution in [2.75, 3.05) is 19.4 Å². The number of rotatable bonds is 10. The second-order valence-corrected chi connectivity index (χ2v) is 8.17. The standard InChI is InChI=1S/C22H22ClN5O2S/c1-29-21-10-8-16(14-19(21)23)20-11-9-18(30-20)15-24-12-5-13-31-22-25-26-27-28(22)17-6-3-2-4-7-17/h2-4,6-11,14,24H,5,12-13,15H2,1H3. The number of thioether (sulfide) groups is 1. The van der Waals surface area contributed by atoms with Crippen LogP contribution in [0.25, 0.3) is 17.0 Å². The van der Waals surface area contributed by atoms with Gasteiger partial charge in [0.2, 0.25) is 5.16 Å². The third-order valence-electron chi connectivity index (χ3n) is 4.57. The van der Waals surface area contributed by atoms with E-state index in [0.717, 1.165) is 46.6 Å². The predicted molar refractivity (Wildman–Crippen MR) is 122 cm³/mol. The first-order chi connectivity index (χ1) is 15.2. The van der Waals surface area contributed by atoms with Gasteiger partial charge in [-0.1, -0.05) is 41.6 Å². The summed E-state index contributed by atoms with van der Waals surface area (Å²) in [6.07, 6.45) is 0.980. The van der Waals surface area contributed by atoms with Crippen molar-refractivity contribution >= 4 is 23.4 Å². The SMILES string of the molecule is COc1ccc(-c2ccc(CNCCCSc3nnnn3-c3ccccc3)o2)cc1Cl. The number of hydrogen-bond donors (Lipinski definition) is 1. The number of furan rings is 1. The molecular formula is C22H22ClN5O2S. The maximum absolute atomic E-state index is 6.21. The molecular weight excluding hydrogens is 434 g/mol. The summed E-state index contributed by atoms with van der Waals surface area (Å²) >= 11 is 7.85. The molecule has 160 valence electrons. The number of tetrazole rings is 1. The summed E-state index contributed by atoms with van der Waals surface area (Å²) in [7, 11) is 1.60. The Morgan fingerprint density at radius 2 is 2.00 bits per heavy atom. The molecule has 2 heterocycles. The predicted octanol–water partition coefficient (Wildman–Crippen LogP) is 4.86. The van der Waals surface area contributed by atoms with Crippen LogP contribution in [-0.2, 0) is 6.54 Å². The molecule has 2 aromatic carbocycles. The lowest BCUT2D eigenvalue weighted by molar-refractivity contribution is 0.415. The molecule has 0 bridgehead atoms. The molecule has 0 radical (unpaired) electrons. The van der Waals surface area contributed by atoms with Crippen LogP contribution in [0.3, 0.4) is 0 Å². The molecule has 0 aliphatic heterocycles. The highest BCUT2D eigenvalue weighted by atomic mass is 35.5. The maximum atomic E-state index is 6.21. The molecule has 1 N–H and O–H groups in total. The topological polar surface area (TPSA) is 78.0 Å². The molecule has 9 heteroatoms. The fourth-order valence-corrected chi connectivity index (χ4v) is 4.11. The van der Waals surface area contributed by atoms with Gasteiger partial charge in [0.25, 0.3) is 0 Å². The van der Waals surface area contributed by atoms with Crippen molar-refractivity contribution in [2.24, 2.45) is 0 Å². The van der Waals surface area contributed by atoms with Crippen molar-refractivity contribution in [3.05, 3.63) is 71.4 Å². The van der Waals surface area contributed by atoms with Gasteiger partial charge in [0.1, 0.15) is 17.3 Å². The number of ether oxygens (including phenoxy) is 1. The minimum absolute atomic E-state index is 0.562. The Labute approximate surface area is 189 Å². The summed E-state index contributed by atoms with van der Waals surface area (Å²) < 4.78 is 12.9. The van der Waals surface area contributed by atoms with Crippen LogP contribution >= 0.6 is 23.4 Å². The van der Waals surface area contributed by atoms with Crippen LogP contribution in [-0.4, -0.2) is 39.6 Å². The van der Waals surface area contributed by atoms with Gasteiger partial charge in [0, 0.05) is 11.3 Å². The van der Waals surface area contributed by atoms with Crippen LogP contribution in [0.4, 0.5) is 0 Å². The summed E-state index contributed by atoms with van der Waals surface area (Å²) in [6.45, 7) is 1.53. The third-order valence-corrected chi connectivity index (χ3v) is 5.87. The van der Waals surface area contributed by atoms with Gasteiger partial charge >= 0.3 is 0 Å². The van der Waals surface area contributed by atoms with Gasteiger partial charge in [-0.05, 0) is 65.9 Å². The second kappa shape index (κ2) is 10.5. The zero-order valence-corrected chi connectivity index (χ0v) is 18.6. The summed E-state index contributed by atoms with van der Waals surface area (Å²) in [5.41, 5.74) is 1.88. The average molecular weight is 456 g/mol. The monoisotopic (exact) mass is 455 g/mol. The zero-order valence-electron chi connectivity index (χ0n) is 17.0. The lowest BCUT2D eigenvalue weighted by atomic mass is 10.2. The molecule has 2 aromatic heterocycles. The zero-order chi connectivity index (χ0) is 21.5. The fraction of sp³-hybridized carbons (Fsp3) is 0.227. The van der Waals surface area contributed by atoms with Gasteiger partial charge in [0.05, 0.1) is 24.4 Å². The minimum atomic E-state index is 0.562. The molecule has 0 unspecified atom stereocenters. The molecule has 4 rings (SSSR count). The van der Waals surface area contributed by atoms with E-state index in [9.17, 15) is 0 Å². The van der Waals surface area contributed by atoms with Gasteiger partial charge in [-0.15, -0.1) is 5.10 Å². The average Bonchev–Trinajstić information content (AvgIpc) is 3.46. The Bertz CT molecular complexity index is 1120. The van der Waals surface area contributed by atoms with Gasteiger partial charge in [-0.3, -0.25) is 0 Å². The largest absolute Gasteiger partial charge is 0.495 e. The minimum Gasteiger partial charge on any atom is -0.495 e. The van der Waals surface area contributed by atoms with E-state index in [1.54, 1.807) is 23.6 Å². The van der Waals surface area contributed by atoms with E-state index in [2.05, 4.69) is 20.8 Å². The van der Waals surface area contributed by atoms with Crippen molar-refractivity contribution in [1.82, 2.24) is 25.5 Å². The lowest BCUT2D eigenvalue weighted by Crippen LogP contribution is -2.14. The van der Waals surface area contributed by atoms with Gasteiger partial charge in [0.15, 0.2) is 0 Å². The molecule has 0 saturated carbocycles. The summed E-state index contributed by atoms with van der Waals surface area (Å²) in [5, 5.41) is 16.8. The molecule has 0 saturated heterocycles. The van der Waals surface area contributed by atoms with Crippen LogP contribution in [0.5, 0.6) is 5.75 Å². The van der Waals surface area contributed by atoms with Crippen molar-refractivity contribution in [1.29, 1.82) is 0 Å². The summed E-state index contributed by atoms with van der Waals surface area (Å²) in [5.74, 6) is 3.22. The Morgan fingerprint density at radius 3 is 2.81 bits per heavy atom. The summed E-state index contributed by atoms with van der Waals surface area (Å²) in [6, 6.07) is 19.4. The van der Waals surface area contributed by atoms with Gasteiger partial charge in [-0.2, -0.15) is 4.68 Å². The quantitative estimate of drug-likeness (QED) is 0.270. The molecule has 7 nitrogen and oxygen atoms in total. The first-order valence-corrected chi connectivity index (χ1v) is 11.2. The Kier molecular flexibility index (Phi) is 7.24. The number of hydrogen-bond acceptors (Lipinski definition) is 7. The number of benzene rings is 2. The van der Waals surface area contributed by atoms with E-state index in [4.69, 9.17) is 20.8 Å². The highest BCUT2D eigenvalue weighted by Gasteiger charge is 2.09. The number of methoxy groups -OCH3 is 1. The summed E-state index contributed by atoms with van der Waals surface area (Å²) in [4.78, 5) is 0. The Balaban J connectivity index is 1.21. The first kappa shape index (κ1) is 21.4. The van der Waals surface area contributed by atoms with Crippen LogP contribution in [0.2, 0.25) is 5.02 Å². The van der Waals surface area contributed by atoms with E-state index in [1.165, 1.54) is 0 Å². The van der Waals surface area contributed by atoms with Crippen LogP contribution in [0.1, 0.15) is 12.2 Å². The van der Waals surface area contributed by atoms with Gasteiger partial charge < -0.3 is 14.5 Å². The van der Waals surface area contributed by atoms with Crippen LogP contribution in [0, 0.1) is 0 Å². The van der Waals surface area contributed by atoms with E-state index in [-0.39, 0.29) is 0 Å². The molecule has 0 aliphatic rings. The van der Waals surface area contributed by atoms with Gasteiger partial charge in [-0.25, -0.2) is 0 Å². The fourth-order valence-electron chi connectivity index (χ4n) is 3.02. The Morgan fingerprint density at radius 1 is 1.13 bits per heavy atom. The van der Waals surface area contributed by atoms with E-state index >= 15 is 0 Å². The number of nitrogens with zero attached hydrogens (tertiary/aromatic N) is 4. The molecule has 0 amide bonds. The highest BCUT2D eigenvalue weighted by molar-refractivity contribution is 7.99. The van der Waals surface area contributed by atoms with Crippen molar-refractivity contribution in [2.45, 2.75) is 18.1 Å². The first-order valence-electron chi connectivity index (χ1n) is 9.84. The van der Waals surface area contributed by atoms with Crippen LogP contribution < -0.4 is 10.1 Å². The Hall–Kier alpha value is -2.81.